The molecule has 2 saturated heterocycles. The second-order valence-corrected chi connectivity index (χ2v) is 8.24. The van der Waals surface area contributed by atoms with Crippen LogP contribution in [0.5, 0.6) is 5.75 Å². The molecule has 0 radical (unpaired) electrons. The number of Topliss-reactive ketones (excluding diaryl/α,β-unsaturated/α-hetero) is 1. The number of aliphatic hydroxyl groups is 1. The third-order valence-electron chi connectivity index (χ3n) is 6.24. The highest BCUT2D eigenvalue weighted by atomic mass is 19.1. The largest absolute Gasteiger partial charge is 0.507 e. The van der Waals surface area contributed by atoms with E-state index in [9.17, 15) is 29.2 Å². The molecule has 2 heterocycles. The zero-order valence-electron chi connectivity index (χ0n) is 18.6. The lowest BCUT2D eigenvalue weighted by molar-refractivity contribution is -0.384. The molecule has 1 unspecified atom stereocenters. The molecule has 2 aliphatic rings. The van der Waals surface area contributed by atoms with Gasteiger partial charge < -0.3 is 19.6 Å². The van der Waals surface area contributed by atoms with Crippen molar-refractivity contribution in [1.29, 1.82) is 0 Å². The normalized spacial score (nSPS) is 20.2. The minimum Gasteiger partial charge on any atom is -0.507 e. The Morgan fingerprint density at radius 1 is 1.15 bits per heavy atom. The van der Waals surface area contributed by atoms with Gasteiger partial charge in [-0.25, -0.2) is 4.39 Å². The molecule has 10 heteroatoms. The van der Waals surface area contributed by atoms with Crippen LogP contribution in [0, 0.1) is 15.9 Å². The van der Waals surface area contributed by atoms with Crippen molar-refractivity contribution >= 4 is 23.1 Å². The number of halogens is 1. The average molecular weight is 469 g/mol. The van der Waals surface area contributed by atoms with Crippen LogP contribution in [-0.4, -0.2) is 64.8 Å². The first-order chi connectivity index (χ1) is 16.3. The molecule has 1 N–H and O–H groups in total. The lowest BCUT2D eigenvalue weighted by Gasteiger charge is -2.27. The fourth-order valence-corrected chi connectivity index (χ4v) is 4.46. The van der Waals surface area contributed by atoms with Crippen LogP contribution < -0.4 is 4.74 Å². The minimum absolute atomic E-state index is 0.0164. The lowest BCUT2D eigenvalue weighted by atomic mass is 9.95. The molecule has 1 atom stereocenters. The van der Waals surface area contributed by atoms with E-state index in [1.54, 1.807) is 0 Å². The van der Waals surface area contributed by atoms with E-state index in [1.807, 2.05) is 0 Å². The number of likely N-dealkylation sites (tertiary alicyclic amines) is 2. The Bertz CT molecular complexity index is 1160. The molecule has 2 fully saturated rings. The Balaban J connectivity index is 1.78. The molecule has 1 amide bonds. The van der Waals surface area contributed by atoms with Crippen molar-refractivity contribution in [2.45, 2.75) is 18.9 Å². The van der Waals surface area contributed by atoms with Crippen molar-refractivity contribution in [2.75, 3.05) is 33.3 Å². The third-order valence-corrected chi connectivity index (χ3v) is 6.24. The van der Waals surface area contributed by atoms with E-state index < -0.39 is 34.2 Å². The van der Waals surface area contributed by atoms with Gasteiger partial charge in [0, 0.05) is 30.8 Å². The number of rotatable bonds is 7. The van der Waals surface area contributed by atoms with Crippen molar-refractivity contribution < 1.29 is 28.7 Å². The van der Waals surface area contributed by atoms with Crippen LogP contribution in [0.2, 0.25) is 0 Å². The van der Waals surface area contributed by atoms with Crippen LogP contribution in [0.15, 0.2) is 48.0 Å². The number of hydrogen-bond donors (Lipinski definition) is 1. The Morgan fingerprint density at radius 3 is 2.41 bits per heavy atom. The minimum atomic E-state index is -0.964. The van der Waals surface area contributed by atoms with Gasteiger partial charge in [0.15, 0.2) is 11.6 Å². The van der Waals surface area contributed by atoms with Gasteiger partial charge in [0.05, 0.1) is 23.6 Å². The molecule has 0 spiro atoms. The van der Waals surface area contributed by atoms with Crippen LogP contribution >= 0.6 is 0 Å². The highest BCUT2D eigenvalue weighted by molar-refractivity contribution is 6.46. The summed E-state index contributed by atoms with van der Waals surface area (Å²) < 4.78 is 19.2. The van der Waals surface area contributed by atoms with Gasteiger partial charge in [0.25, 0.3) is 17.4 Å². The third kappa shape index (κ3) is 4.36. The van der Waals surface area contributed by atoms with Crippen LogP contribution in [-0.2, 0) is 9.59 Å². The molecule has 4 rings (SSSR count). The average Bonchev–Trinajstić information content (AvgIpc) is 3.44. The smallest absolute Gasteiger partial charge is 0.295 e. The number of ether oxygens (including phenoxy) is 1. The van der Waals surface area contributed by atoms with Crippen molar-refractivity contribution in [1.82, 2.24) is 9.80 Å². The number of benzene rings is 2. The molecule has 2 aromatic carbocycles. The van der Waals surface area contributed by atoms with Gasteiger partial charge in [0.1, 0.15) is 5.76 Å². The maximum Gasteiger partial charge on any atom is 0.295 e. The van der Waals surface area contributed by atoms with E-state index in [0.29, 0.717) is 12.1 Å². The first-order valence-corrected chi connectivity index (χ1v) is 10.9. The molecular weight excluding hydrogens is 445 g/mol. The first kappa shape index (κ1) is 23.4. The van der Waals surface area contributed by atoms with Gasteiger partial charge in [-0.3, -0.25) is 19.7 Å². The number of non-ortho nitro benzene ring substituents is 1. The Morgan fingerprint density at radius 2 is 1.82 bits per heavy atom. The van der Waals surface area contributed by atoms with E-state index in [4.69, 9.17) is 4.74 Å². The maximum absolute atomic E-state index is 14.3. The summed E-state index contributed by atoms with van der Waals surface area (Å²) in [5.41, 5.74) is 0.115. The maximum atomic E-state index is 14.3. The summed E-state index contributed by atoms with van der Waals surface area (Å²) in [7, 11) is 1.30. The van der Waals surface area contributed by atoms with E-state index in [0.717, 1.165) is 32.0 Å². The molecule has 178 valence electrons. The molecule has 34 heavy (non-hydrogen) atoms. The van der Waals surface area contributed by atoms with Crippen molar-refractivity contribution in [3.63, 3.8) is 0 Å². The fourth-order valence-electron chi connectivity index (χ4n) is 4.46. The lowest BCUT2D eigenvalue weighted by Crippen LogP contribution is -2.37. The number of carbonyl (C=O) groups excluding carboxylic acids is 2. The van der Waals surface area contributed by atoms with Gasteiger partial charge in [0.2, 0.25) is 0 Å². The predicted molar refractivity (Wildman–Crippen MR) is 121 cm³/mol. The summed E-state index contributed by atoms with van der Waals surface area (Å²) in [6.07, 6.45) is 2.13. The summed E-state index contributed by atoms with van der Waals surface area (Å²) in [6, 6.07) is 8.24. The monoisotopic (exact) mass is 469 g/mol. The van der Waals surface area contributed by atoms with Crippen LogP contribution in [0.1, 0.15) is 30.0 Å². The van der Waals surface area contributed by atoms with Gasteiger partial charge in [-0.05, 0) is 61.8 Å². The topological polar surface area (TPSA) is 113 Å². The number of nitro groups is 1. The molecule has 9 nitrogen and oxygen atoms in total. The summed E-state index contributed by atoms with van der Waals surface area (Å²) in [4.78, 5) is 40.1. The number of nitro benzene ring substituents is 1. The highest BCUT2D eigenvalue weighted by Gasteiger charge is 2.46. The quantitative estimate of drug-likeness (QED) is 0.218. The van der Waals surface area contributed by atoms with E-state index >= 15 is 0 Å². The van der Waals surface area contributed by atoms with Crippen molar-refractivity contribution in [3.05, 3.63) is 75.1 Å². The first-order valence-electron chi connectivity index (χ1n) is 10.9. The fraction of sp³-hybridized carbons (Fsp3) is 0.333. The number of nitrogens with zero attached hydrogens (tertiary/aromatic N) is 3. The summed E-state index contributed by atoms with van der Waals surface area (Å²) in [5, 5.41) is 22.1. The molecule has 0 aliphatic carbocycles. The molecule has 2 aliphatic heterocycles. The highest BCUT2D eigenvalue weighted by Crippen LogP contribution is 2.40. The number of amides is 1. The SMILES string of the molecule is COc1ccc(/C(O)=C2\C(=O)C(=O)N(CCN3CCCC3)C2c2ccc([N+](=O)[O-])cc2)cc1F. The zero-order valence-corrected chi connectivity index (χ0v) is 18.6. The van der Waals surface area contributed by atoms with Gasteiger partial charge in [-0.15, -0.1) is 0 Å². The van der Waals surface area contributed by atoms with Gasteiger partial charge in [-0.2, -0.15) is 0 Å². The zero-order chi connectivity index (χ0) is 24.4. The number of aliphatic hydroxyl groups excluding tert-OH is 1. The van der Waals surface area contributed by atoms with E-state index in [-0.39, 0.29) is 29.1 Å². The summed E-state index contributed by atoms with van der Waals surface area (Å²) in [5.74, 6) is -2.96. The predicted octanol–water partition coefficient (Wildman–Crippen LogP) is 3.26. The van der Waals surface area contributed by atoms with Crippen LogP contribution in [0.25, 0.3) is 5.76 Å². The Hall–Kier alpha value is -3.79. The molecular formula is C24H24FN3O6. The number of ketones is 1. The number of methoxy groups -OCH3 is 1. The number of hydrogen-bond acceptors (Lipinski definition) is 7. The molecule has 2 aromatic rings. The molecule has 0 saturated carbocycles. The summed E-state index contributed by atoms with van der Waals surface area (Å²) >= 11 is 0. The summed E-state index contributed by atoms with van der Waals surface area (Å²) in [6.45, 7) is 2.59. The van der Waals surface area contributed by atoms with E-state index in [2.05, 4.69) is 4.90 Å². The molecule has 0 bridgehead atoms. The van der Waals surface area contributed by atoms with Crippen molar-refractivity contribution in [2.24, 2.45) is 0 Å². The Kier molecular flexibility index (Phi) is 6.60. The molecule has 0 aromatic heterocycles. The second-order valence-electron chi connectivity index (χ2n) is 8.24. The Labute approximate surface area is 195 Å². The van der Waals surface area contributed by atoms with Crippen LogP contribution in [0.3, 0.4) is 0 Å². The second kappa shape index (κ2) is 9.60. The number of carbonyl (C=O) groups is 2. The van der Waals surface area contributed by atoms with Gasteiger partial charge in [-0.1, -0.05) is 0 Å². The van der Waals surface area contributed by atoms with Gasteiger partial charge >= 0.3 is 0 Å². The standard InChI is InChI=1S/C24H24FN3O6/c1-34-19-9-6-16(14-18(19)25)22(29)20-21(15-4-7-17(8-5-15)28(32)33)27(24(31)23(20)30)13-12-26-10-2-3-11-26/h4-9,14,21,29H,2-3,10-13H2,1H3/b22-20+. The van der Waals surface area contributed by atoms with Crippen molar-refractivity contribution in [3.8, 4) is 5.75 Å². The van der Waals surface area contributed by atoms with Crippen LogP contribution in [0.4, 0.5) is 10.1 Å². The van der Waals surface area contributed by atoms with E-state index in [1.165, 1.54) is 48.4 Å².